The fraction of sp³-hybridized carbons (Fsp3) is 0.412. The number of hydrogen-bond acceptors (Lipinski definition) is 4. The van der Waals surface area contributed by atoms with Crippen LogP contribution in [0.25, 0.3) is 11.3 Å². The number of nitrogens with zero attached hydrogens (tertiary/aromatic N) is 2. The van der Waals surface area contributed by atoms with Gasteiger partial charge in [0, 0.05) is 24.1 Å². The molecule has 2 rings (SSSR count). The second-order valence-corrected chi connectivity index (χ2v) is 5.42. The molecule has 118 valence electrons. The first kappa shape index (κ1) is 16.1. The summed E-state index contributed by atoms with van der Waals surface area (Å²) in [6, 6.07) is 9.47. The fourth-order valence-electron chi connectivity index (χ4n) is 2.20. The van der Waals surface area contributed by atoms with Crippen molar-refractivity contribution in [3.63, 3.8) is 0 Å². The molecule has 0 fully saturated rings. The molecule has 22 heavy (non-hydrogen) atoms. The maximum atomic E-state index is 12.1. The molecule has 0 unspecified atom stereocenters. The molecule has 0 atom stereocenters. The van der Waals surface area contributed by atoms with Crippen LogP contribution in [0.1, 0.15) is 26.5 Å². The van der Waals surface area contributed by atoms with Gasteiger partial charge in [-0.2, -0.15) is 0 Å². The Morgan fingerprint density at radius 1 is 1.36 bits per heavy atom. The molecule has 5 heteroatoms. The van der Waals surface area contributed by atoms with Crippen molar-refractivity contribution in [2.45, 2.75) is 27.3 Å². The van der Waals surface area contributed by atoms with E-state index in [-0.39, 0.29) is 11.8 Å². The van der Waals surface area contributed by atoms with Crippen LogP contribution in [-0.2, 0) is 11.3 Å². The molecule has 0 saturated heterocycles. The van der Waals surface area contributed by atoms with Gasteiger partial charge in [-0.15, -0.1) is 0 Å². The number of methoxy groups -OCH3 is 1. The van der Waals surface area contributed by atoms with Crippen LogP contribution in [0.3, 0.4) is 0 Å². The molecule has 1 amide bonds. The average molecular weight is 302 g/mol. The number of carbonyl (C=O) groups excluding carboxylic acids is 1. The first-order valence-electron chi connectivity index (χ1n) is 7.44. The third-order valence-corrected chi connectivity index (χ3v) is 3.45. The lowest BCUT2D eigenvalue weighted by molar-refractivity contribution is -0.134. The third kappa shape index (κ3) is 3.67. The highest BCUT2D eigenvalue weighted by Crippen LogP contribution is 2.24. The van der Waals surface area contributed by atoms with Crippen molar-refractivity contribution in [2.75, 3.05) is 13.7 Å². The molecule has 5 nitrogen and oxygen atoms in total. The zero-order valence-corrected chi connectivity index (χ0v) is 13.5. The molecule has 0 saturated carbocycles. The Morgan fingerprint density at radius 3 is 2.77 bits per heavy atom. The van der Waals surface area contributed by atoms with Crippen molar-refractivity contribution < 1.29 is 14.1 Å². The highest BCUT2D eigenvalue weighted by molar-refractivity contribution is 5.78. The summed E-state index contributed by atoms with van der Waals surface area (Å²) in [5, 5.41) is 4.07. The molecular weight excluding hydrogens is 280 g/mol. The number of amides is 1. The van der Waals surface area contributed by atoms with Gasteiger partial charge in [-0.05, 0) is 19.1 Å². The van der Waals surface area contributed by atoms with Crippen LogP contribution in [0.2, 0.25) is 0 Å². The molecule has 0 bridgehead atoms. The van der Waals surface area contributed by atoms with Gasteiger partial charge in [-0.3, -0.25) is 4.79 Å². The Hall–Kier alpha value is -2.30. The van der Waals surface area contributed by atoms with E-state index in [4.69, 9.17) is 9.26 Å². The summed E-state index contributed by atoms with van der Waals surface area (Å²) in [5.41, 5.74) is 1.64. The monoisotopic (exact) mass is 302 g/mol. The standard InChI is InChI=1S/C17H22N2O3/c1-5-19(17(20)12(2)3)11-14-10-16(22-18-14)13-7-6-8-15(9-13)21-4/h6-10,12H,5,11H2,1-4H3. The van der Waals surface area contributed by atoms with Crippen LogP contribution in [0.5, 0.6) is 5.75 Å². The molecule has 0 N–H and O–H groups in total. The highest BCUT2D eigenvalue weighted by Gasteiger charge is 2.17. The van der Waals surface area contributed by atoms with Crippen molar-refractivity contribution in [3.05, 3.63) is 36.0 Å². The number of carbonyl (C=O) groups is 1. The quantitative estimate of drug-likeness (QED) is 0.821. The average Bonchev–Trinajstić information content (AvgIpc) is 3.00. The summed E-state index contributed by atoms with van der Waals surface area (Å²) in [5.74, 6) is 1.53. The lowest BCUT2D eigenvalue weighted by Gasteiger charge is -2.21. The Bertz CT molecular complexity index is 634. The van der Waals surface area contributed by atoms with E-state index in [1.165, 1.54) is 0 Å². The van der Waals surface area contributed by atoms with Gasteiger partial charge in [-0.25, -0.2) is 0 Å². The van der Waals surface area contributed by atoms with Gasteiger partial charge in [0.15, 0.2) is 5.76 Å². The van der Waals surface area contributed by atoms with Crippen LogP contribution >= 0.6 is 0 Å². The smallest absolute Gasteiger partial charge is 0.225 e. The van der Waals surface area contributed by atoms with Crippen molar-refractivity contribution in [1.29, 1.82) is 0 Å². The topological polar surface area (TPSA) is 55.6 Å². The largest absolute Gasteiger partial charge is 0.497 e. The molecule has 1 aromatic heterocycles. The molecular formula is C17H22N2O3. The minimum Gasteiger partial charge on any atom is -0.497 e. The van der Waals surface area contributed by atoms with Crippen LogP contribution < -0.4 is 4.74 Å². The van der Waals surface area contributed by atoms with Gasteiger partial charge in [0.25, 0.3) is 0 Å². The van der Waals surface area contributed by atoms with Gasteiger partial charge in [0.05, 0.1) is 13.7 Å². The van der Waals surface area contributed by atoms with Gasteiger partial charge in [0.1, 0.15) is 11.4 Å². The number of benzene rings is 1. The van der Waals surface area contributed by atoms with Crippen molar-refractivity contribution in [1.82, 2.24) is 10.1 Å². The lowest BCUT2D eigenvalue weighted by Crippen LogP contribution is -2.33. The van der Waals surface area contributed by atoms with Crippen LogP contribution in [0.15, 0.2) is 34.9 Å². The summed E-state index contributed by atoms with van der Waals surface area (Å²) in [6.45, 7) is 6.87. The minimum absolute atomic E-state index is 0.0234. The molecule has 2 aromatic rings. The van der Waals surface area contributed by atoms with Gasteiger partial charge >= 0.3 is 0 Å². The SMILES string of the molecule is CCN(Cc1cc(-c2cccc(OC)c2)on1)C(=O)C(C)C. The first-order chi connectivity index (χ1) is 10.5. The zero-order chi connectivity index (χ0) is 16.1. The van der Waals surface area contributed by atoms with E-state index in [0.29, 0.717) is 18.8 Å². The maximum absolute atomic E-state index is 12.1. The van der Waals surface area contributed by atoms with Crippen LogP contribution in [-0.4, -0.2) is 29.6 Å². The Labute approximate surface area is 130 Å². The first-order valence-corrected chi connectivity index (χ1v) is 7.44. The van der Waals surface area contributed by atoms with Gasteiger partial charge in [0.2, 0.25) is 5.91 Å². The number of aromatic nitrogens is 1. The van der Waals surface area contributed by atoms with Crippen molar-refractivity contribution in [3.8, 4) is 17.1 Å². The second-order valence-electron chi connectivity index (χ2n) is 5.42. The van der Waals surface area contributed by atoms with Crippen molar-refractivity contribution in [2.24, 2.45) is 5.92 Å². The molecule has 0 radical (unpaired) electrons. The zero-order valence-electron chi connectivity index (χ0n) is 13.5. The molecule has 0 aliphatic carbocycles. The Balaban J connectivity index is 2.15. The summed E-state index contributed by atoms with van der Waals surface area (Å²) in [4.78, 5) is 13.9. The van der Waals surface area contributed by atoms with E-state index in [1.54, 1.807) is 12.0 Å². The highest BCUT2D eigenvalue weighted by atomic mass is 16.5. The fourth-order valence-corrected chi connectivity index (χ4v) is 2.20. The lowest BCUT2D eigenvalue weighted by atomic mass is 10.1. The second kappa shape index (κ2) is 7.11. The molecule has 1 heterocycles. The third-order valence-electron chi connectivity index (χ3n) is 3.45. The van der Waals surface area contributed by atoms with Crippen LogP contribution in [0, 0.1) is 5.92 Å². The normalized spacial score (nSPS) is 10.8. The van der Waals surface area contributed by atoms with E-state index < -0.39 is 0 Å². The van der Waals surface area contributed by atoms with Crippen molar-refractivity contribution >= 4 is 5.91 Å². The summed E-state index contributed by atoms with van der Waals surface area (Å²) in [7, 11) is 1.63. The van der Waals surface area contributed by atoms with E-state index in [1.807, 2.05) is 51.1 Å². The van der Waals surface area contributed by atoms with E-state index >= 15 is 0 Å². The molecule has 0 aliphatic heterocycles. The van der Waals surface area contributed by atoms with E-state index in [0.717, 1.165) is 17.0 Å². The van der Waals surface area contributed by atoms with E-state index in [2.05, 4.69) is 5.16 Å². The van der Waals surface area contributed by atoms with Gasteiger partial charge in [-0.1, -0.05) is 31.1 Å². The number of hydrogen-bond donors (Lipinski definition) is 0. The molecule has 1 aromatic carbocycles. The van der Waals surface area contributed by atoms with Gasteiger partial charge < -0.3 is 14.2 Å². The molecule has 0 spiro atoms. The molecule has 0 aliphatic rings. The predicted octanol–water partition coefficient (Wildman–Crippen LogP) is 3.35. The minimum atomic E-state index is -0.0234. The summed E-state index contributed by atoms with van der Waals surface area (Å²) in [6.07, 6.45) is 0. The number of rotatable bonds is 6. The maximum Gasteiger partial charge on any atom is 0.225 e. The predicted molar refractivity (Wildman–Crippen MR) is 84.4 cm³/mol. The Kier molecular flexibility index (Phi) is 5.20. The summed E-state index contributed by atoms with van der Waals surface area (Å²) < 4.78 is 10.6. The summed E-state index contributed by atoms with van der Waals surface area (Å²) >= 11 is 0. The van der Waals surface area contributed by atoms with E-state index in [9.17, 15) is 4.79 Å². The Morgan fingerprint density at radius 2 is 2.14 bits per heavy atom. The number of ether oxygens (including phenoxy) is 1. The van der Waals surface area contributed by atoms with Crippen LogP contribution in [0.4, 0.5) is 0 Å².